The van der Waals surface area contributed by atoms with E-state index in [1.165, 1.54) is 18.4 Å². The molecule has 1 amide bonds. The standard InChI is InChI=1S/C24H24N6O2S/c1-14-6-3-4-9-18(14)30-22-16(21(29-30)15-10-11-19(25)26-12-15)7-5-8-17-23(22)33-24(27-17)28-20(31)13-32-2/h3-4,6,9-12H,5,7-8,13H2,1-2H3,(H2,25,26)(H,27,28,31). The molecule has 0 atom stereocenters. The fraction of sp³-hybridized carbons (Fsp3) is 0.250. The quantitative estimate of drug-likeness (QED) is 0.466. The number of aryl methyl sites for hydroxylation is 2. The summed E-state index contributed by atoms with van der Waals surface area (Å²) >= 11 is 1.48. The van der Waals surface area contributed by atoms with Crippen LogP contribution in [0.4, 0.5) is 10.9 Å². The van der Waals surface area contributed by atoms with Crippen LogP contribution in [-0.4, -0.2) is 39.4 Å². The minimum absolute atomic E-state index is 0.00900. The number of rotatable bonds is 5. The van der Waals surface area contributed by atoms with Gasteiger partial charge in [0.2, 0.25) is 0 Å². The van der Waals surface area contributed by atoms with E-state index in [2.05, 4.69) is 29.4 Å². The van der Waals surface area contributed by atoms with Crippen LogP contribution < -0.4 is 11.1 Å². The molecule has 0 spiro atoms. The van der Waals surface area contributed by atoms with E-state index in [9.17, 15) is 4.79 Å². The Morgan fingerprint density at radius 3 is 2.85 bits per heavy atom. The maximum Gasteiger partial charge on any atom is 0.252 e. The maximum atomic E-state index is 12.1. The van der Waals surface area contributed by atoms with Gasteiger partial charge >= 0.3 is 0 Å². The van der Waals surface area contributed by atoms with E-state index in [1.807, 2.05) is 22.9 Å². The molecule has 0 radical (unpaired) electrons. The van der Waals surface area contributed by atoms with E-state index in [0.29, 0.717) is 10.9 Å². The molecule has 1 aromatic carbocycles. The van der Waals surface area contributed by atoms with Gasteiger partial charge in [0.15, 0.2) is 5.13 Å². The highest BCUT2D eigenvalue weighted by atomic mass is 32.1. The van der Waals surface area contributed by atoms with Crippen molar-refractivity contribution in [1.29, 1.82) is 0 Å². The number of pyridine rings is 1. The lowest BCUT2D eigenvalue weighted by Crippen LogP contribution is -2.16. The van der Waals surface area contributed by atoms with Gasteiger partial charge in [0.1, 0.15) is 12.4 Å². The number of carbonyl (C=O) groups is 1. The number of ether oxygens (including phenoxy) is 1. The van der Waals surface area contributed by atoms with Crippen LogP contribution in [0, 0.1) is 6.92 Å². The SMILES string of the molecule is COCC(=O)Nc1nc2c(s1)-c1c(c(-c3ccc(N)nc3)nn1-c1ccccc1C)CCC2. The summed E-state index contributed by atoms with van der Waals surface area (Å²) in [7, 11) is 1.50. The molecule has 0 saturated carbocycles. The van der Waals surface area contributed by atoms with E-state index < -0.39 is 0 Å². The summed E-state index contributed by atoms with van der Waals surface area (Å²) in [5, 5.41) is 8.50. The number of hydrogen-bond acceptors (Lipinski definition) is 7. The first kappa shape index (κ1) is 21.3. The van der Waals surface area contributed by atoms with Crippen LogP contribution in [0.5, 0.6) is 0 Å². The first-order chi connectivity index (χ1) is 16.0. The first-order valence-corrected chi connectivity index (χ1v) is 11.6. The predicted molar refractivity (Wildman–Crippen MR) is 130 cm³/mol. The lowest BCUT2D eigenvalue weighted by Gasteiger charge is -2.10. The molecule has 33 heavy (non-hydrogen) atoms. The molecule has 8 nitrogen and oxygen atoms in total. The molecule has 168 valence electrons. The number of nitrogens with two attached hydrogens (primary N) is 1. The van der Waals surface area contributed by atoms with Crippen molar-refractivity contribution >= 4 is 28.2 Å². The van der Waals surface area contributed by atoms with Crippen LogP contribution in [0.1, 0.15) is 23.2 Å². The van der Waals surface area contributed by atoms with E-state index in [4.69, 9.17) is 20.6 Å². The summed E-state index contributed by atoms with van der Waals surface area (Å²) in [6.45, 7) is 2.07. The van der Waals surface area contributed by atoms with Gasteiger partial charge in [-0.05, 0) is 49.9 Å². The van der Waals surface area contributed by atoms with E-state index in [-0.39, 0.29) is 12.5 Å². The van der Waals surface area contributed by atoms with Crippen LogP contribution in [0.25, 0.3) is 27.5 Å². The normalized spacial score (nSPS) is 12.7. The minimum Gasteiger partial charge on any atom is -0.384 e. The third-order valence-corrected chi connectivity index (χ3v) is 6.68. The number of nitrogen functional groups attached to an aromatic ring is 1. The van der Waals surface area contributed by atoms with Gasteiger partial charge in [0.05, 0.1) is 27.6 Å². The number of amides is 1. The molecule has 3 aromatic heterocycles. The third-order valence-electron chi connectivity index (χ3n) is 5.66. The molecule has 1 aliphatic rings. The Morgan fingerprint density at radius 2 is 2.09 bits per heavy atom. The Hall–Kier alpha value is -3.56. The van der Waals surface area contributed by atoms with Crippen LogP contribution in [-0.2, 0) is 22.4 Å². The van der Waals surface area contributed by atoms with Gasteiger partial charge in [-0.25, -0.2) is 14.6 Å². The number of methoxy groups -OCH3 is 1. The van der Waals surface area contributed by atoms with Gasteiger partial charge in [-0.2, -0.15) is 5.10 Å². The number of thiazole rings is 1. The summed E-state index contributed by atoms with van der Waals surface area (Å²) < 4.78 is 6.95. The number of nitrogens with zero attached hydrogens (tertiary/aromatic N) is 4. The minimum atomic E-state index is -0.220. The molecule has 4 aromatic rings. The Bertz CT molecular complexity index is 1330. The molecule has 0 fully saturated rings. The Morgan fingerprint density at radius 1 is 1.24 bits per heavy atom. The molecule has 0 unspecified atom stereocenters. The van der Waals surface area contributed by atoms with Crippen molar-refractivity contribution in [1.82, 2.24) is 19.7 Å². The largest absolute Gasteiger partial charge is 0.384 e. The molecule has 9 heteroatoms. The fourth-order valence-corrected chi connectivity index (χ4v) is 5.24. The average Bonchev–Trinajstić information content (AvgIpc) is 3.31. The van der Waals surface area contributed by atoms with Gasteiger partial charge < -0.3 is 10.5 Å². The topological polar surface area (TPSA) is 108 Å². The summed E-state index contributed by atoms with van der Waals surface area (Å²) in [5.41, 5.74) is 12.9. The third kappa shape index (κ3) is 4.01. The van der Waals surface area contributed by atoms with E-state index >= 15 is 0 Å². The summed E-state index contributed by atoms with van der Waals surface area (Å²) in [6.07, 6.45) is 4.41. The Balaban J connectivity index is 1.71. The molecule has 0 saturated heterocycles. The number of para-hydroxylation sites is 1. The molecule has 5 rings (SSSR count). The molecule has 0 aliphatic heterocycles. The molecule has 0 bridgehead atoms. The first-order valence-electron chi connectivity index (χ1n) is 10.7. The van der Waals surface area contributed by atoms with Crippen molar-refractivity contribution in [2.45, 2.75) is 26.2 Å². The van der Waals surface area contributed by atoms with Crippen LogP contribution in [0.3, 0.4) is 0 Å². The highest BCUT2D eigenvalue weighted by molar-refractivity contribution is 7.19. The summed E-state index contributed by atoms with van der Waals surface area (Å²) in [6, 6.07) is 11.9. The summed E-state index contributed by atoms with van der Waals surface area (Å²) in [5.74, 6) is 0.257. The zero-order chi connectivity index (χ0) is 22.9. The number of benzene rings is 1. The zero-order valence-electron chi connectivity index (χ0n) is 18.5. The number of anilines is 2. The van der Waals surface area contributed by atoms with E-state index in [0.717, 1.165) is 63.6 Å². The van der Waals surface area contributed by atoms with Crippen molar-refractivity contribution in [3.05, 3.63) is 59.4 Å². The second-order valence-corrected chi connectivity index (χ2v) is 8.97. The molecule has 3 heterocycles. The second kappa shape index (κ2) is 8.76. The van der Waals surface area contributed by atoms with Crippen molar-refractivity contribution < 1.29 is 9.53 Å². The molecule has 1 aliphatic carbocycles. The number of fused-ring (bicyclic) bond motifs is 3. The zero-order valence-corrected chi connectivity index (χ0v) is 19.3. The van der Waals surface area contributed by atoms with Gasteiger partial charge in [0.25, 0.3) is 5.91 Å². The smallest absolute Gasteiger partial charge is 0.252 e. The van der Waals surface area contributed by atoms with Crippen molar-refractivity contribution in [3.63, 3.8) is 0 Å². The fourth-order valence-electron chi connectivity index (χ4n) is 4.15. The lowest BCUT2D eigenvalue weighted by atomic mass is 10.0. The number of hydrogen-bond donors (Lipinski definition) is 2. The van der Waals surface area contributed by atoms with Crippen molar-refractivity contribution in [3.8, 4) is 27.5 Å². The van der Waals surface area contributed by atoms with Gasteiger partial charge in [0, 0.05) is 24.4 Å². The van der Waals surface area contributed by atoms with Crippen LogP contribution >= 0.6 is 11.3 Å². The lowest BCUT2D eigenvalue weighted by molar-refractivity contribution is -0.119. The van der Waals surface area contributed by atoms with Crippen molar-refractivity contribution in [2.75, 3.05) is 24.8 Å². The average molecular weight is 461 g/mol. The Kier molecular flexibility index (Phi) is 5.65. The molecular formula is C24H24N6O2S. The highest BCUT2D eigenvalue weighted by Gasteiger charge is 2.29. The van der Waals surface area contributed by atoms with Crippen molar-refractivity contribution in [2.24, 2.45) is 0 Å². The monoisotopic (exact) mass is 460 g/mol. The summed E-state index contributed by atoms with van der Waals surface area (Å²) in [4.78, 5) is 22.1. The van der Waals surface area contributed by atoms with Gasteiger partial charge in [-0.1, -0.05) is 29.5 Å². The molecular weight excluding hydrogens is 436 g/mol. The number of nitrogens with one attached hydrogen (secondary N) is 1. The van der Waals surface area contributed by atoms with Crippen LogP contribution in [0.15, 0.2) is 42.6 Å². The molecule has 3 N–H and O–H groups in total. The predicted octanol–water partition coefficient (Wildman–Crippen LogP) is 4.02. The maximum absolute atomic E-state index is 12.1. The van der Waals surface area contributed by atoms with Crippen LogP contribution in [0.2, 0.25) is 0 Å². The number of carbonyl (C=O) groups excluding carboxylic acids is 1. The number of aromatic nitrogens is 4. The van der Waals surface area contributed by atoms with Gasteiger partial charge in [-0.3, -0.25) is 10.1 Å². The Labute approximate surface area is 195 Å². The second-order valence-electron chi connectivity index (χ2n) is 7.98. The van der Waals surface area contributed by atoms with Gasteiger partial charge in [-0.15, -0.1) is 0 Å². The highest BCUT2D eigenvalue weighted by Crippen LogP contribution is 2.43. The van der Waals surface area contributed by atoms with E-state index in [1.54, 1.807) is 12.3 Å².